The topological polar surface area (TPSA) is 61.4 Å². The number of para-hydroxylation sites is 2. The fraction of sp³-hybridized carbons (Fsp3) is 0.579. The lowest BCUT2D eigenvalue weighted by Gasteiger charge is -2.27. The fourth-order valence-corrected chi connectivity index (χ4v) is 3.62. The van der Waals surface area contributed by atoms with Crippen LogP contribution in [0, 0.1) is 5.92 Å². The minimum Gasteiger partial charge on any atom is -0.374 e. The Morgan fingerprint density at radius 2 is 1.96 bits per heavy atom. The van der Waals surface area contributed by atoms with Crippen molar-refractivity contribution < 1.29 is 9.59 Å². The molecule has 5 heteroatoms. The molecule has 1 aromatic carbocycles. The number of rotatable bonds is 5. The van der Waals surface area contributed by atoms with Gasteiger partial charge in [-0.25, -0.2) is 0 Å². The van der Waals surface area contributed by atoms with Gasteiger partial charge in [0.15, 0.2) is 0 Å². The van der Waals surface area contributed by atoms with E-state index in [1.54, 1.807) is 0 Å². The van der Waals surface area contributed by atoms with E-state index in [1.165, 1.54) is 12.8 Å². The van der Waals surface area contributed by atoms with Crippen molar-refractivity contribution in [2.24, 2.45) is 5.92 Å². The molecule has 24 heavy (non-hydrogen) atoms. The maximum Gasteiger partial charge on any atom is 0.239 e. The number of hydrogen-bond donors (Lipinski definition) is 2. The molecule has 2 amide bonds. The molecule has 0 radical (unpaired) electrons. The molecule has 3 rings (SSSR count). The van der Waals surface area contributed by atoms with Crippen LogP contribution in [0.1, 0.15) is 45.4 Å². The lowest BCUT2D eigenvalue weighted by Crippen LogP contribution is -2.40. The zero-order valence-corrected chi connectivity index (χ0v) is 14.4. The van der Waals surface area contributed by atoms with Crippen LogP contribution < -0.4 is 15.5 Å². The fourth-order valence-electron chi connectivity index (χ4n) is 3.62. The second-order valence-electron chi connectivity index (χ2n) is 7.04. The molecule has 0 bridgehead atoms. The summed E-state index contributed by atoms with van der Waals surface area (Å²) in [6.45, 7) is 3.27. The van der Waals surface area contributed by atoms with Crippen LogP contribution in [0.3, 0.4) is 0 Å². The highest BCUT2D eigenvalue weighted by Crippen LogP contribution is 2.29. The Bertz CT molecular complexity index is 594. The quantitative estimate of drug-likeness (QED) is 0.873. The summed E-state index contributed by atoms with van der Waals surface area (Å²) in [5.41, 5.74) is 1.72. The molecule has 0 atom stereocenters. The number of amides is 2. The minimum absolute atomic E-state index is 0.0251. The van der Waals surface area contributed by atoms with Gasteiger partial charge in [-0.2, -0.15) is 0 Å². The van der Waals surface area contributed by atoms with Gasteiger partial charge in [0.05, 0.1) is 17.9 Å². The summed E-state index contributed by atoms with van der Waals surface area (Å²) >= 11 is 0. The largest absolute Gasteiger partial charge is 0.374 e. The first kappa shape index (κ1) is 16.8. The van der Waals surface area contributed by atoms with Gasteiger partial charge < -0.3 is 15.5 Å². The van der Waals surface area contributed by atoms with Crippen LogP contribution in [0.15, 0.2) is 24.3 Å². The Balaban J connectivity index is 1.55. The smallest absolute Gasteiger partial charge is 0.239 e. The summed E-state index contributed by atoms with van der Waals surface area (Å²) in [6, 6.07) is 8.02. The predicted octanol–water partition coefficient (Wildman–Crippen LogP) is 2.92. The number of carbonyl (C=O) groups excluding carboxylic acids is 2. The van der Waals surface area contributed by atoms with Crippen LogP contribution in [0.25, 0.3) is 0 Å². The van der Waals surface area contributed by atoms with Gasteiger partial charge >= 0.3 is 0 Å². The SMILES string of the molecule is CC1CCC(NC(=O)CNc2ccccc2N2CCCC2=O)CC1. The van der Waals surface area contributed by atoms with E-state index in [9.17, 15) is 9.59 Å². The molecular weight excluding hydrogens is 302 g/mol. The van der Waals surface area contributed by atoms with Crippen LogP contribution in [0.4, 0.5) is 11.4 Å². The third-order valence-electron chi connectivity index (χ3n) is 5.09. The molecule has 1 saturated carbocycles. The van der Waals surface area contributed by atoms with Crippen LogP contribution in [0.2, 0.25) is 0 Å². The first-order chi connectivity index (χ1) is 11.6. The van der Waals surface area contributed by atoms with Crippen molar-refractivity contribution in [3.8, 4) is 0 Å². The molecule has 0 unspecified atom stereocenters. The van der Waals surface area contributed by atoms with E-state index < -0.39 is 0 Å². The van der Waals surface area contributed by atoms with E-state index in [0.29, 0.717) is 12.5 Å². The maximum absolute atomic E-state index is 12.2. The Hall–Kier alpha value is -2.04. The monoisotopic (exact) mass is 329 g/mol. The van der Waals surface area contributed by atoms with Gasteiger partial charge in [0.2, 0.25) is 11.8 Å². The second kappa shape index (κ2) is 7.69. The summed E-state index contributed by atoms with van der Waals surface area (Å²) in [5.74, 6) is 0.961. The average molecular weight is 329 g/mol. The van der Waals surface area contributed by atoms with Crippen LogP contribution in [0.5, 0.6) is 0 Å². The van der Waals surface area contributed by atoms with Crippen molar-refractivity contribution in [3.63, 3.8) is 0 Å². The Labute approximate surface area is 143 Å². The molecule has 2 aliphatic rings. The summed E-state index contributed by atoms with van der Waals surface area (Å²) in [5, 5.41) is 6.33. The van der Waals surface area contributed by atoms with E-state index in [-0.39, 0.29) is 18.4 Å². The molecule has 2 fully saturated rings. The number of nitrogens with zero attached hydrogens (tertiary/aromatic N) is 1. The summed E-state index contributed by atoms with van der Waals surface area (Å²) in [4.78, 5) is 26.0. The van der Waals surface area contributed by atoms with Gasteiger partial charge in [-0.1, -0.05) is 19.1 Å². The van der Waals surface area contributed by atoms with Gasteiger partial charge in [-0.3, -0.25) is 9.59 Å². The second-order valence-corrected chi connectivity index (χ2v) is 7.04. The van der Waals surface area contributed by atoms with Crippen LogP contribution in [-0.2, 0) is 9.59 Å². The van der Waals surface area contributed by atoms with Gasteiger partial charge in [-0.15, -0.1) is 0 Å². The number of nitrogens with one attached hydrogen (secondary N) is 2. The Kier molecular flexibility index (Phi) is 5.38. The average Bonchev–Trinajstić information content (AvgIpc) is 3.01. The third kappa shape index (κ3) is 4.08. The number of benzene rings is 1. The molecule has 130 valence electrons. The van der Waals surface area contributed by atoms with E-state index in [4.69, 9.17) is 0 Å². The molecule has 5 nitrogen and oxygen atoms in total. The Morgan fingerprint density at radius 3 is 2.67 bits per heavy atom. The van der Waals surface area contributed by atoms with Crippen LogP contribution in [-0.4, -0.2) is 30.9 Å². The lowest BCUT2D eigenvalue weighted by atomic mass is 9.87. The molecule has 1 aliphatic heterocycles. The van der Waals surface area contributed by atoms with E-state index in [0.717, 1.165) is 43.1 Å². The van der Waals surface area contributed by atoms with Gasteiger partial charge in [-0.05, 0) is 50.2 Å². The summed E-state index contributed by atoms with van der Waals surface area (Å²) < 4.78 is 0. The molecule has 1 aliphatic carbocycles. The van der Waals surface area contributed by atoms with E-state index in [2.05, 4.69) is 17.6 Å². The molecular formula is C19H27N3O2. The molecule has 1 heterocycles. The van der Waals surface area contributed by atoms with E-state index in [1.807, 2.05) is 29.2 Å². The minimum atomic E-state index is 0.0251. The summed E-state index contributed by atoms with van der Waals surface area (Å²) in [6.07, 6.45) is 6.04. The molecule has 0 spiro atoms. The zero-order valence-electron chi connectivity index (χ0n) is 14.4. The number of anilines is 2. The van der Waals surface area contributed by atoms with Gasteiger partial charge in [0, 0.05) is 19.0 Å². The summed E-state index contributed by atoms with van der Waals surface area (Å²) in [7, 11) is 0. The van der Waals surface area contributed by atoms with E-state index >= 15 is 0 Å². The third-order valence-corrected chi connectivity index (χ3v) is 5.09. The van der Waals surface area contributed by atoms with Crippen molar-refractivity contribution in [2.45, 2.75) is 51.5 Å². The zero-order chi connectivity index (χ0) is 16.9. The van der Waals surface area contributed by atoms with Gasteiger partial charge in [0.25, 0.3) is 0 Å². The van der Waals surface area contributed by atoms with Crippen molar-refractivity contribution in [2.75, 3.05) is 23.3 Å². The number of hydrogen-bond acceptors (Lipinski definition) is 3. The maximum atomic E-state index is 12.2. The van der Waals surface area contributed by atoms with Crippen LogP contribution >= 0.6 is 0 Å². The van der Waals surface area contributed by atoms with Crippen molar-refractivity contribution in [1.82, 2.24) is 5.32 Å². The highest BCUT2D eigenvalue weighted by Gasteiger charge is 2.24. The first-order valence-corrected chi connectivity index (χ1v) is 9.06. The standard InChI is InChI=1S/C19H27N3O2/c1-14-8-10-15(11-9-14)21-18(23)13-20-16-5-2-3-6-17(16)22-12-4-7-19(22)24/h2-3,5-6,14-15,20H,4,7-13H2,1H3,(H,21,23). The Morgan fingerprint density at radius 1 is 1.21 bits per heavy atom. The van der Waals surface area contributed by atoms with Crippen molar-refractivity contribution >= 4 is 23.2 Å². The predicted molar refractivity (Wildman–Crippen MR) is 96.1 cm³/mol. The highest BCUT2D eigenvalue weighted by molar-refractivity contribution is 5.98. The molecule has 1 saturated heterocycles. The molecule has 0 aromatic heterocycles. The first-order valence-electron chi connectivity index (χ1n) is 9.06. The molecule has 1 aromatic rings. The molecule has 2 N–H and O–H groups in total. The lowest BCUT2D eigenvalue weighted by molar-refractivity contribution is -0.120. The highest BCUT2D eigenvalue weighted by atomic mass is 16.2. The normalized spacial score (nSPS) is 24.0. The van der Waals surface area contributed by atoms with Crippen molar-refractivity contribution in [1.29, 1.82) is 0 Å². The number of carbonyl (C=O) groups is 2. The van der Waals surface area contributed by atoms with Crippen molar-refractivity contribution in [3.05, 3.63) is 24.3 Å². The van der Waals surface area contributed by atoms with Gasteiger partial charge in [0.1, 0.15) is 0 Å².